The maximum Gasteiger partial charge on any atom is 0.227 e. The summed E-state index contributed by atoms with van der Waals surface area (Å²) in [5.74, 6) is 2.61. The molecule has 0 saturated heterocycles. The molecule has 2 rings (SSSR count). The van der Waals surface area contributed by atoms with E-state index < -0.39 is 0 Å². The molecule has 0 aliphatic rings. The third-order valence-electron chi connectivity index (χ3n) is 3.64. The Hall–Kier alpha value is -1.59. The van der Waals surface area contributed by atoms with Crippen molar-refractivity contribution in [2.75, 3.05) is 14.2 Å². The quantitative estimate of drug-likeness (QED) is 0.848. The fraction of sp³-hybridized carbons (Fsp3) is 0.500. The van der Waals surface area contributed by atoms with Gasteiger partial charge < -0.3 is 14.6 Å². The van der Waals surface area contributed by atoms with Gasteiger partial charge in [-0.2, -0.15) is 4.98 Å². The van der Waals surface area contributed by atoms with Crippen molar-refractivity contribution in [3.05, 3.63) is 41.5 Å². The van der Waals surface area contributed by atoms with Crippen LogP contribution in [-0.4, -0.2) is 30.3 Å². The SMILES string of the molecule is CNC(C)Cc1noc(CC(C)c2cccc(OC)c2)n1.Cl. The topological polar surface area (TPSA) is 60.2 Å². The van der Waals surface area contributed by atoms with Crippen LogP contribution in [0.4, 0.5) is 0 Å². The van der Waals surface area contributed by atoms with E-state index in [4.69, 9.17) is 9.26 Å². The molecule has 0 aliphatic heterocycles. The average molecular weight is 326 g/mol. The van der Waals surface area contributed by atoms with Gasteiger partial charge in [-0.25, -0.2) is 0 Å². The molecule has 1 heterocycles. The lowest BCUT2D eigenvalue weighted by Crippen LogP contribution is -2.24. The van der Waals surface area contributed by atoms with Crippen molar-refractivity contribution < 1.29 is 9.26 Å². The molecule has 2 aromatic rings. The van der Waals surface area contributed by atoms with Crippen LogP contribution in [0.1, 0.15) is 37.0 Å². The largest absolute Gasteiger partial charge is 0.497 e. The molecule has 0 fully saturated rings. The second-order valence-electron chi connectivity index (χ2n) is 5.38. The molecular weight excluding hydrogens is 302 g/mol. The predicted molar refractivity (Wildman–Crippen MR) is 88.9 cm³/mol. The lowest BCUT2D eigenvalue weighted by Gasteiger charge is -2.10. The van der Waals surface area contributed by atoms with Crippen LogP contribution < -0.4 is 10.1 Å². The number of likely N-dealkylation sites (N-methyl/N-ethyl adjacent to an activating group) is 1. The van der Waals surface area contributed by atoms with E-state index in [2.05, 4.69) is 35.4 Å². The average Bonchev–Trinajstić information content (AvgIpc) is 2.94. The summed E-state index contributed by atoms with van der Waals surface area (Å²) < 4.78 is 10.6. The van der Waals surface area contributed by atoms with E-state index >= 15 is 0 Å². The molecule has 0 bridgehead atoms. The van der Waals surface area contributed by atoms with E-state index in [9.17, 15) is 0 Å². The van der Waals surface area contributed by atoms with Crippen LogP contribution in [0.5, 0.6) is 5.75 Å². The first-order valence-electron chi connectivity index (χ1n) is 7.25. The van der Waals surface area contributed by atoms with Crippen LogP contribution in [0.25, 0.3) is 0 Å². The second kappa shape index (κ2) is 8.76. The summed E-state index contributed by atoms with van der Waals surface area (Å²) in [5, 5.41) is 7.20. The molecule has 122 valence electrons. The minimum absolute atomic E-state index is 0. The van der Waals surface area contributed by atoms with Crippen molar-refractivity contribution in [2.24, 2.45) is 0 Å². The van der Waals surface area contributed by atoms with Gasteiger partial charge in [-0.1, -0.05) is 24.2 Å². The van der Waals surface area contributed by atoms with Crippen molar-refractivity contribution in [2.45, 2.75) is 38.6 Å². The summed E-state index contributed by atoms with van der Waals surface area (Å²) in [7, 11) is 3.60. The number of hydrogen-bond acceptors (Lipinski definition) is 5. The smallest absolute Gasteiger partial charge is 0.227 e. The fourth-order valence-electron chi connectivity index (χ4n) is 2.16. The molecule has 0 spiro atoms. The summed E-state index contributed by atoms with van der Waals surface area (Å²) in [6.07, 6.45) is 1.50. The van der Waals surface area contributed by atoms with Crippen molar-refractivity contribution in [3.8, 4) is 5.75 Å². The van der Waals surface area contributed by atoms with Crippen molar-refractivity contribution in [1.82, 2.24) is 15.5 Å². The van der Waals surface area contributed by atoms with Crippen LogP contribution in [0.2, 0.25) is 0 Å². The van der Waals surface area contributed by atoms with Crippen molar-refractivity contribution >= 4 is 12.4 Å². The summed E-state index contributed by atoms with van der Waals surface area (Å²) in [5.41, 5.74) is 1.21. The van der Waals surface area contributed by atoms with Gasteiger partial charge >= 0.3 is 0 Å². The maximum absolute atomic E-state index is 5.34. The molecule has 0 aliphatic carbocycles. The van der Waals surface area contributed by atoms with Crippen LogP contribution >= 0.6 is 12.4 Å². The van der Waals surface area contributed by atoms with Crippen molar-refractivity contribution in [3.63, 3.8) is 0 Å². The minimum Gasteiger partial charge on any atom is -0.497 e. The summed E-state index contributed by atoms with van der Waals surface area (Å²) in [6, 6.07) is 8.42. The first-order chi connectivity index (χ1) is 10.1. The highest BCUT2D eigenvalue weighted by atomic mass is 35.5. The third kappa shape index (κ3) is 5.00. The summed E-state index contributed by atoms with van der Waals surface area (Å²) in [4.78, 5) is 4.46. The van der Waals surface area contributed by atoms with Gasteiger partial charge in [-0.3, -0.25) is 0 Å². The maximum atomic E-state index is 5.34. The predicted octanol–water partition coefficient (Wildman–Crippen LogP) is 3.00. The molecule has 2 atom stereocenters. The number of ether oxygens (including phenoxy) is 1. The van der Waals surface area contributed by atoms with E-state index in [1.807, 2.05) is 25.2 Å². The van der Waals surface area contributed by atoms with Crippen LogP contribution in [0, 0.1) is 0 Å². The highest BCUT2D eigenvalue weighted by Crippen LogP contribution is 2.23. The number of benzene rings is 1. The number of aromatic nitrogens is 2. The van der Waals surface area contributed by atoms with E-state index in [0.717, 1.165) is 24.4 Å². The van der Waals surface area contributed by atoms with Gasteiger partial charge in [0.15, 0.2) is 5.82 Å². The number of halogens is 1. The zero-order valence-electron chi connectivity index (χ0n) is 13.5. The Morgan fingerprint density at radius 1 is 1.27 bits per heavy atom. The van der Waals surface area contributed by atoms with Crippen LogP contribution in [-0.2, 0) is 12.8 Å². The van der Waals surface area contributed by atoms with Crippen LogP contribution in [0.3, 0.4) is 0 Å². The number of nitrogens with one attached hydrogen (secondary N) is 1. The molecule has 1 aromatic carbocycles. The molecule has 6 heteroatoms. The summed E-state index contributed by atoms with van der Waals surface area (Å²) >= 11 is 0. The Labute approximate surface area is 137 Å². The molecule has 22 heavy (non-hydrogen) atoms. The molecule has 0 radical (unpaired) electrons. The minimum atomic E-state index is 0. The Balaban J connectivity index is 0.00000242. The second-order valence-corrected chi connectivity index (χ2v) is 5.38. The van der Waals surface area contributed by atoms with Gasteiger partial charge in [-0.05, 0) is 37.6 Å². The Bertz CT molecular complexity index is 574. The highest BCUT2D eigenvalue weighted by Gasteiger charge is 2.14. The molecule has 5 nitrogen and oxygen atoms in total. The first-order valence-corrected chi connectivity index (χ1v) is 7.25. The Kier molecular flexibility index (Phi) is 7.35. The lowest BCUT2D eigenvalue weighted by atomic mass is 9.97. The monoisotopic (exact) mass is 325 g/mol. The van der Waals surface area contributed by atoms with E-state index in [1.54, 1.807) is 7.11 Å². The van der Waals surface area contributed by atoms with E-state index in [0.29, 0.717) is 17.9 Å². The van der Waals surface area contributed by atoms with Gasteiger partial charge in [0.25, 0.3) is 0 Å². The third-order valence-corrected chi connectivity index (χ3v) is 3.64. The van der Waals surface area contributed by atoms with Gasteiger partial charge in [0.05, 0.1) is 7.11 Å². The normalized spacial score (nSPS) is 13.3. The standard InChI is InChI=1S/C16H23N3O2.ClH/c1-11(13-6-5-7-14(10-13)20-4)8-16-18-15(19-21-16)9-12(2)17-3;/h5-7,10-12,17H,8-9H2,1-4H3;1H. The molecule has 1 N–H and O–H groups in total. The number of methoxy groups -OCH3 is 1. The molecule has 1 aromatic heterocycles. The van der Waals surface area contributed by atoms with Gasteiger partial charge in [0.2, 0.25) is 5.89 Å². The van der Waals surface area contributed by atoms with Crippen molar-refractivity contribution in [1.29, 1.82) is 0 Å². The number of nitrogens with zero attached hydrogens (tertiary/aromatic N) is 2. The molecule has 2 unspecified atom stereocenters. The summed E-state index contributed by atoms with van der Waals surface area (Å²) in [6.45, 7) is 4.24. The lowest BCUT2D eigenvalue weighted by molar-refractivity contribution is 0.364. The highest BCUT2D eigenvalue weighted by molar-refractivity contribution is 5.85. The van der Waals surface area contributed by atoms with Gasteiger partial charge in [-0.15, -0.1) is 12.4 Å². The van der Waals surface area contributed by atoms with E-state index in [1.165, 1.54) is 5.56 Å². The van der Waals surface area contributed by atoms with Gasteiger partial charge in [0.1, 0.15) is 5.75 Å². The van der Waals surface area contributed by atoms with Gasteiger partial charge in [0, 0.05) is 18.9 Å². The Morgan fingerprint density at radius 3 is 2.73 bits per heavy atom. The molecular formula is C16H24ClN3O2. The zero-order valence-corrected chi connectivity index (χ0v) is 14.3. The first kappa shape index (κ1) is 18.5. The number of hydrogen-bond donors (Lipinski definition) is 1. The number of rotatable bonds is 7. The zero-order chi connectivity index (χ0) is 15.2. The fourth-order valence-corrected chi connectivity index (χ4v) is 2.16. The Morgan fingerprint density at radius 2 is 2.05 bits per heavy atom. The molecule has 0 amide bonds. The van der Waals surface area contributed by atoms with E-state index in [-0.39, 0.29) is 12.4 Å². The molecule has 0 saturated carbocycles. The van der Waals surface area contributed by atoms with Crippen LogP contribution in [0.15, 0.2) is 28.8 Å².